The van der Waals surface area contributed by atoms with Gasteiger partial charge < -0.3 is 10.1 Å². The molecule has 134 valence electrons. The molecular formula is C20H22N4O2. The van der Waals surface area contributed by atoms with Gasteiger partial charge in [-0.3, -0.25) is 4.79 Å². The molecule has 1 aromatic heterocycles. The van der Waals surface area contributed by atoms with Crippen LogP contribution in [0.5, 0.6) is 0 Å². The van der Waals surface area contributed by atoms with Crippen molar-refractivity contribution in [2.45, 2.75) is 19.9 Å². The van der Waals surface area contributed by atoms with E-state index in [-0.39, 0.29) is 11.9 Å². The van der Waals surface area contributed by atoms with Crippen molar-refractivity contribution in [1.82, 2.24) is 20.3 Å². The molecule has 0 saturated carbocycles. The number of rotatable bonds is 6. The number of carbonyl (C=O) groups is 1. The average Bonchev–Trinajstić information content (AvgIpc) is 3.17. The number of hydrogen-bond acceptors (Lipinski definition) is 4. The standard InChI is InChI=1S/C20H22N4O2/c1-14(13-26-3)22-20(25)18-11-17(16-7-5-4-6-8-16)12-19(15(18)2)24-10-9-21-23-24/h4-12,14H,13H2,1-3H3,(H,22,25). The van der Waals surface area contributed by atoms with Gasteiger partial charge in [0, 0.05) is 18.7 Å². The van der Waals surface area contributed by atoms with Gasteiger partial charge in [0.2, 0.25) is 0 Å². The molecule has 0 spiro atoms. The Hall–Kier alpha value is -2.99. The van der Waals surface area contributed by atoms with E-state index in [0.29, 0.717) is 12.2 Å². The molecule has 1 N–H and O–H groups in total. The molecule has 1 atom stereocenters. The number of ether oxygens (including phenoxy) is 1. The Morgan fingerprint density at radius 1 is 1.23 bits per heavy atom. The average molecular weight is 350 g/mol. The quantitative estimate of drug-likeness (QED) is 0.742. The Labute approximate surface area is 152 Å². The molecule has 0 aliphatic carbocycles. The second-order valence-electron chi connectivity index (χ2n) is 6.21. The minimum Gasteiger partial charge on any atom is -0.383 e. The topological polar surface area (TPSA) is 69.0 Å². The summed E-state index contributed by atoms with van der Waals surface area (Å²) in [6.07, 6.45) is 3.39. The zero-order chi connectivity index (χ0) is 18.5. The first-order chi connectivity index (χ1) is 12.6. The lowest BCUT2D eigenvalue weighted by atomic mass is 9.97. The molecule has 1 unspecified atom stereocenters. The van der Waals surface area contributed by atoms with E-state index in [4.69, 9.17) is 4.74 Å². The van der Waals surface area contributed by atoms with Crippen LogP contribution in [0.3, 0.4) is 0 Å². The fourth-order valence-electron chi connectivity index (χ4n) is 2.90. The highest BCUT2D eigenvalue weighted by Crippen LogP contribution is 2.27. The number of methoxy groups -OCH3 is 1. The molecule has 2 aromatic carbocycles. The number of benzene rings is 2. The third-order valence-corrected chi connectivity index (χ3v) is 4.20. The molecule has 3 aromatic rings. The number of aromatic nitrogens is 3. The van der Waals surface area contributed by atoms with Crippen LogP contribution in [0.25, 0.3) is 16.8 Å². The highest BCUT2D eigenvalue weighted by atomic mass is 16.5. The van der Waals surface area contributed by atoms with Gasteiger partial charge in [0.15, 0.2) is 0 Å². The summed E-state index contributed by atoms with van der Waals surface area (Å²) in [6.45, 7) is 4.29. The lowest BCUT2D eigenvalue weighted by Crippen LogP contribution is -2.36. The van der Waals surface area contributed by atoms with Crippen LogP contribution in [0.15, 0.2) is 54.9 Å². The van der Waals surface area contributed by atoms with Crippen molar-refractivity contribution in [3.63, 3.8) is 0 Å². The van der Waals surface area contributed by atoms with Crippen LogP contribution in [-0.4, -0.2) is 40.7 Å². The van der Waals surface area contributed by atoms with E-state index in [1.807, 2.05) is 56.3 Å². The predicted octanol–water partition coefficient (Wildman–Crippen LogP) is 3.01. The molecule has 0 radical (unpaired) electrons. The monoisotopic (exact) mass is 350 g/mol. The van der Waals surface area contributed by atoms with Gasteiger partial charge >= 0.3 is 0 Å². The molecule has 0 saturated heterocycles. The highest BCUT2D eigenvalue weighted by Gasteiger charge is 2.17. The first-order valence-corrected chi connectivity index (χ1v) is 8.46. The Kier molecular flexibility index (Phi) is 5.43. The molecule has 0 fully saturated rings. The maximum absolute atomic E-state index is 12.8. The van der Waals surface area contributed by atoms with Gasteiger partial charge in [0.1, 0.15) is 0 Å². The molecule has 26 heavy (non-hydrogen) atoms. The summed E-state index contributed by atoms with van der Waals surface area (Å²) < 4.78 is 6.79. The summed E-state index contributed by atoms with van der Waals surface area (Å²) in [5.41, 5.74) is 4.27. The summed E-state index contributed by atoms with van der Waals surface area (Å²) in [5.74, 6) is -0.133. The zero-order valence-corrected chi connectivity index (χ0v) is 15.1. The van der Waals surface area contributed by atoms with Crippen molar-refractivity contribution in [3.05, 3.63) is 66.0 Å². The second kappa shape index (κ2) is 7.93. The summed E-state index contributed by atoms with van der Waals surface area (Å²) in [6, 6.07) is 13.8. The van der Waals surface area contributed by atoms with E-state index in [1.165, 1.54) is 0 Å². The maximum Gasteiger partial charge on any atom is 0.251 e. The Morgan fingerprint density at radius 3 is 2.65 bits per heavy atom. The Balaban J connectivity index is 2.08. The minimum atomic E-state index is -0.133. The van der Waals surface area contributed by atoms with E-state index in [2.05, 4.69) is 15.6 Å². The van der Waals surface area contributed by atoms with Gasteiger partial charge in [-0.15, -0.1) is 5.10 Å². The van der Waals surface area contributed by atoms with Crippen LogP contribution in [0.1, 0.15) is 22.8 Å². The van der Waals surface area contributed by atoms with E-state index in [1.54, 1.807) is 24.2 Å². The Morgan fingerprint density at radius 2 is 2.00 bits per heavy atom. The second-order valence-corrected chi connectivity index (χ2v) is 6.21. The fraction of sp³-hybridized carbons (Fsp3) is 0.250. The van der Waals surface area contributed by atoms with Gasteiger partial charge in [0.05, 0.1) is 24.7 Å². The Bertz CT molecular complexity index is 876. The number of carbonyl (C=O) groups excluding carboxylic acids is 1. The van der Waals surface area contributed by atoms with E-state index < -0.39 is 0 Å². The van der Waals surface area contributed by atoms with Crippen LogP contribution in [-0.2, 0) is 4.74 Å². The van der Waals surface area contributed by atoms with Crippen LogP contribution >= 0.6 is 0 Å². The lowest BCUT2D eigenvalue weighted by Gasteiger charge is -2.17. The van der Waals surface area contributed by atoms with E-state index in [9.17, 15) is 4.79 Å². The summed E-state index contributed by atoms with van der Waals surface area (Å²) in [5, 5.41) is 11.0. The molecular weight excluding hydrogens is 328 g/mol. The smallest absolute Gasteiger partial charge is 0.251 e. The summed E-state index contributed by atoms with van der Waals surface area (Å²) in [4.78, 5) is 12.8. The van der Waals surface area contributed by atoms with Crippen LogP contribution < -0.4 is 5.32 Å². The SMILES string of the molecule is COCC(C)NC(=O)c1cc(-c2ccccc2)cc(-n2ccnn2)c1C. The minimum absolute atomic E-state index is 0.0814. The van der Waals surface area contributed by atoms with Gasteiger partial charge in [-0.1, -0.05) is 35.5 Å². The van der Waals surface area contributed by atoms with Crippen molar-refractivity contribution in [3.8, 4) is 16.8 Å². The van der Waals surface area contributed by atoms with Gasteiger partial charge in [-0.05, 0) is 42.7 Å². The van der Waals surface area contributed by atoms with Crippen LogP contribution in [0.4, 0.5) is 0 Å². The van der Waals surface area contributed by atoms with Crippen molar-refractivity contribution in [2.24, 2.45) is 0 Å². The first-order valence-electron chi connectivity index (χ1n) is 8.46. The maximum atomic E-state index is 12.8. The lowest BCUT2D eigenvalue weighted by molar-refractivity contribution is 0.0905. The third-order valence-electron chi connectivity index (χ3n) is 4.20. The number of hydrogen-bond donors (Lipinski definition) is 1. The normalized spacial score (nSPS) is 12.0. The van der Waals surface area contributed by atoms with Crippen LogP contribution in [0.2, 0.25) is 0 Å². The van der Waals surface area contributed by atoms with Crippen LogP contribution in [0, 0.1) is 6.92 Å². The zero-order valence-electron chi connectivity index (χ0n) is 15.1. The molecule has 6 heteroatoms. The van der Waals surface area contributed by atoms with E-state index in [0.717, 1.165) is 22.4 Å². The molecule has 1 amide bonds. The summed E-state index contributed by atoms with van der Waals surface area (Å²) >= 11 is 0. The number of amides is 1. The van der Waals surface area contributed by atoms with Crippen molar-refractivity contribution in [1.29, 1.82) is 0 Å². The molecule has 0 bridgehead atoms. The molecule has 0 aliphatic rings. The first kappa shape index (κ1) is 17.8. The van der Waals surface area contributed by atoms with Crippen molar-refractivity contribution >= 4 is 5.91 Å². The number of nitrogens with zero attached hydrogens (tertiary/aromatic N) is 3. The van der Waals surface area contributed by atoms with E-state index >= 15 is 0 Å². The molecule has 3 rings (SSSR count). The predicted molar refractivity (Wildman–Crippen MR) is 100 cm³/mol. The van der Waals surface area contributed by atoms with Gasteiger partial charge in [0.25, 0.3) is 5.91 Å². The third kappa shape index (κ3) is 3.81. The fourth-order valence-corrected chi connectivity index (χ4v) is 2.90. The van der Waals surface area contributed by atoms with Gasteiger partial charge in [-0.2, -0.15) is 0 Å². The number of nitrogens with one attached hydrogen (secondary N) is 1. The van der Waals surface area contributed by atoms with Crippen molar-refractivity contribution in [2.75, 3.05) is 13.7 Å². The largest absolute Gasteiger partial charge is 0.383 e. The summed E-state index contributed by atoms with van der Waals surface area (Å²) in [7, 11) is 1.62. The molecule has 6 nitrogen and oxygen atoms in total. The van der Waals surface area contributed by atoms with Gasteiger partial charge in [-0.25, -0.2) is 4.68 Å². The highest BCUT2D eigenvalue weighted by molar-refractivity contribution is 5.98. The molecule has 0 aliphatic heterocycles. The van der Waals surface area contributed by atoms with Crippen molar-refractivity contribution < 1.29 is 9.53 Å². The molecule has 1 heterocycles.